The van der Waals surface area contributed by atoms with Gasteiger partial charge in [-0.1, -0.05) is 29.8 Å². The number of rotatable bonds is 7. The summed E-state index contributed by atoms with van der Waals surface area (Å²) >= 11 is 12.1. The van der Waals surface area contributed by atoms with Gasteiger partial charge in [-0.05, 0) is 38.0 Å². The minimum Gasteiger partial charge on any atom is -0.385 e. The van der Waals surface area contributed by atoms with Crippen molar-refractivity contribution in [2.24, 2.45) is 10.7 Å². The molecule has 1 aromatic rings. The Labute approximate surface area is 204 Å². The molecule has 33 heavy (non-hydrogen) atoms. The monoisotopic (exact) mass is 497 g/mol. The Morgan fingerprint density at radius 2 is 1.91 bits per heavy atom. The van der Waals surface area contributed by atoms with Crippen LogP contribution in [-0.2, 0) is 9.53 Å². The molecular formula is C23H30Cl2FN5O2. The third kappa shape index (κ3) is 6.69. The number of allylic oxidation sites excluding steroid dienone is 1. The molecule has 0 atom stereocenters. The van der Waals surface area contributed by atoms with E-state index in [2.05, 4.69) is 21.8 Å². The molecule has 2 aliphatic rings. The van der Waals surface area contributed by atoms with Gasteiger partial charge in [-0.25, -0.2) is 9.38 Å². The van der Waals surface area contributed by atoms with Crippen molar-refractivity contribution < 1.29 is 13.9 Å². The number of likely N-dealkylation sites (tertiary alicyclic amines) is 1. The Morgan fingerprint density at radius 3 is 2.52 bits per heavy atom. The zero-order chi connectivity index (χ0) is 24.0. The Balaban J connectivity index is 1.75. The summed E-state index contributed by atoms with van der Waals surface area (Å²) in [5, 5.41) is 3.91. The van der Waals surface area contributed by atoms with Gasteiger partial charge < -0.3 is 20.7 Å². The Hall–Kier alpha value is -2.13. The highest BCUT2D eigenvalue weighted by Gasteiger charge is 2.30. The molecule has 2 heterocycles. The van der Waals surface area contributed by atoms with Gasteiger partial charge in [-0.3, -0.25) is 9.69 Å². The van der Waals surface area contributed by atoms with Gasteiger partial charge in [0.15, 0.2) is 0 Å². The fourth-order valence-corrected chi connectivity index (χ4v) is 4.27. The average Bonchev–Trinajstić information content (AvgIpc) is 2.84. The number of benzene rings is 1. The van der Waals surface area contributed by atoms with Crippen molar-refractivity contribution in [1.82, 2.24) is 9.80 Å². The highest BCUT2D eigenvalue weighted by molar-refractivity contribution is 6.42. The molecule has 0 radical (unpaired) electrons. The summed E-state index contributed by atoms with van der Waals surface area (Å²) in [5.74, 6) is -0.551. The van der Waals surface area contributed by atoms with Crippen LogP contribution >= 0.6 is 23.2 Å². The maximum absolute atomic E-state index is 13.4. The number of hydrogen-bond acceptors (Lipinski definition) is 5. The van der Waals surface area contributed by atoms with Gasteiger partial charge in [0.2, 0.25) is 0 Å². The highest BCUT2D eigenvalue weighted by atomic mass is 35.5. The fraction of sp³-hybridized carbons (Fsp3) is 0.478. The van der Waals surface area contributed by atoms with Crippen LogP contribution < -0.4 is 11.1 Å². The highest BCUT2D eigenvalue weighted by Crippen LogP contribution is 2.27. The largest absolute Gasteiger partial charge is 0.385 e. The smallest absolute Gasteiger partial charge is 0.272 e. The third-order valence-corrected chi connectivity index (χ3v) is 6.67. The minimum absolute atomic E-state index is 0.0764. The molecule has 2 aliphatic heterocycles. The molecule has 10 heteroatoms. The van der Waals surface area contributed by atoms with Gasteiger partial charge in [0.1, 0.15) is 18.2 Å². The van der Waals surface area contributed by atoms with E-state index < -0.39 is 6.67 Å². The van der Waals surface area contributed by atoms with E-state index in [1.54, 1.807) is 30.0 Å². The molecule has 180 valence electrons. The summed E-state index contributed by atoms with van der Waals surface area (Å²) in [5.41, 5.74) is 7.28. The van der Waals surface area contributed by atoms with E-state index in [9.17, 15) is 9.18 Å². The van der Waals surface area contributed by atoms with Crippen LogP contribution in [-0.4, -0.2) is 73.7 Å². The predicted molar refractivity (Wildman–Crippen MR) is 132 cm³/mol. The number of morpholine rings is 1. The van der Waals surface area contributed by atoms with Gasteiger partial charge in [0.25, 0.3) is 5.91 Å². The Bertz CT molecular complexity index is 939. The van der Waals surface area contributed by atoms with Gasteiger partial charge in [0.05, 0.1) is 23.3 Å². The van der Waals surface area contributed by atoms with Crippen LogP contribution in [0.5, 0.6) is 0 Å². The average molecular weight is 498 g/mol. The maximum Gasteiger partial charge on any atom is 0.272 e. The van der Waals surface area contributed by atoms with Crippen molar-refractivity contribution in [2.45, 2.75) is 25.8 Å². The molecule has 7 nitrogen and oxygen atoms in total. The maximum atomic E-state index is 13.4. The molecule has 3 N–H and O–H groups in total. The van der Waals surface area contributed by atoms with E-state index >= 15 is 0 Å². The second kappa shape index (κ2) is 11.8. The number of ether oxygens (including phenoxy) is 1. The van der Waals surface area contributed by atoms with E-state index in [-0.39, 0.29) is 17.4 Å². The van der Waals surface area contributed by atoms with E-state index in [1.165, 1.54) is 0 Å². The summed E-state index contributed by atoms with van der Waals surface area (Å²) < 4.78 is 18.6. The lowest BCUT2D eigenvalue weighted by atomic mass is 10.0. The molecule has 0 spiro atoms. The number of piperidine rings is 1. The lowest BCUT2D eigenvalue weighted by Gasteiger charge is -2.40. The zero-order valence-corrected chi connectivity index (χ0v) is 20.3. The number of nitrogens with zero attached hydrogens (tertiary/aromatic N) is 3. The first-order chi connectivity index (χ1) is 15.8. The molecular weight excluding hydrogens is 468 g/mol. The van der Waals surface area contributed by atoms with Crippen LogP contribution in [0.1, 0.15) is 19.8 Å². The van der Waals surface area contributed by atoms with Crippen LogP contribution in [0.3, 0.4) is 0 Å². The van der Waals surface area contributed by atoms with Crippen LogP contribution in [0, 0.1) is 0 Å². The van der Waals surface area contributed by atoms with E-state index in [4.69, 9.17) is 33.7 Å². The van der Waals surface area contributed by atoms with Crippen molar-refractivity contribution in [1.29, 1.82) is 0 Å². The van der Waals surface area contributed by atoms with Crippen LogP contribution in [0.2, 0.25) is 10.0 Å². The number of amides is 1. The molecule has 0 saturated carbocycles. The van der Waals surface area contributed by atoms with E-state index in [1.807, 2.05) is 0 Å². The fourth-order valence-electron chi connectivity index (χ4n) is 3.98. The van der Waals surface area contributed by atoms with Gasteiger partial charge >= 0.3 is 0 Å². The third-order valence-electron chi connectivity index (χ3n) is 5.93. The predicted octanol–water partition coefficient (Wildman–Crippen LogP) is 3.84. The first-order valence-corrected chi connectivity index (χ1v) is 11.7. The number of carbonyl (C=O) groups is 1. The minimum atomic E-state index is -0.949. The number of halogens is 3. The molecule has 0 unspecified atom stereocenters. The number of amidine groups is 1. The lowest BCUT2D eigenvalue weighted by molar-refractivity contribution is -0.129. The topological polar surface area (TPSA) is 83.2 Å². The Kier molecular flexibility index (Phi) is 9.14. The van der Waals surface area contributed by atoms with E-state index in [0.717, 1.165) is 39.1 Å². The van der Waals surface area contributed by atoms with Crippen molar-refractivity contribution in [3.8, 4) is 0 Å². The molecule has 1 aromatic carbocycles. The summed E-state index contributed by atoms with van der Waals surface area (Å²) in [6.07, 6.45) is 1.73. The Morgan fingerprint density at radius 1 is 1.24 bits per heavy atom. The lowest BCUT2D eigenvalue weighted by Crippen LogP contribution is -2.50. The number of hydrogen-bond donors (Lipinski definition) is 2. The van der Waals surface area contributed by atoms with Crippen molar-refractivity contribution in [3.05, 3.63) is 51.8 Å². The van der Waals surface area contributed by atoms with Gasteiger partial charge in [-0.2, -0.15) is 0 Å². The first kappa shape index (κ1) is 25.5. The molecule has 0 bridgehead atoms. The number of alkyl halides is 1. The number of nitrogens with two attached hydrogens (primary N) is 1. The second-order valence-electron chi connectivity index (χ2n) is 8.11. The van der Waals surface area contributed by atoms with Crippen molar-refractivity contribution in [2.75, 3.05) is 51.4 Å². The summed E-state index contributed by atoms with van der Waals surface area (Å²) in [7, 11) is 0. The van der Waals surface area contributed by atoms with Gasteiger partial charge in [0, 0.05) is 49.2 Å². The molecule has 0 aromatic heterocycles. The van der Waals surface area contributed by atoms with Crippen molar-refractivity contribution >= 4 is 40.6 Å². The number of carbonyl (C=O) groups excluding carboxylic acids is 1. The number of nitrogens with one attached hydrogen (secondary N) is 1. The molecule has 1 amide bonds. The summed E-state index contributed by atoms with van der Waals surface area (Å²) in [4.78, 5) is 21.7. The van der Waals surface area contributed by atoms with Crippen molar-refractivity contribution in [3.63, 3.8) is 0 Å². The van der Waals surface area contributed by atoms with Crippen LogP contribution in [0.15, 0.2) is 46.7 Å². The standard InChI is InChI=1S/C23H30Cl2FN5O2/c1-15(16(2)28-17-3-4-19(24)20(25)13-17)22(29-21(27)14-26)23(32)31-7-5-18(6-8-31)30-9-11-33-12-10-30/h3-4,13,18,28H,2,5-12,14H2,1H3,(H2,27,29)/b22-15-. The normalized spacial score (nSPS) is 19.3. The first-order valence-electron chi connectivity index (χ1n) is 10.9. The quantitative estimate of drug-likeness (QED) is 0.258. The summed E-state index contributed by atoms with van der Waals surface area (Å²) in [6.45, 7) is 9.29. The van der Waals surface area contributed by atoms with E-state index in [0.29, 0.717) is 46.1 Å². The second-order valence-corrected chi connectivity index (χ2v) is 8.93. The van der Waals surface area contributed by atoms with Crippen LogP contribution in [0.4, 0.5) is 10.1 Å². The number of anilines is 1. The molecule has 3 rings (SSSR count). The molecule has 2 saturated heterocycles. The van der Waals surface area contributed by atoms with Crippen LogP contribution in [0.25, 0.3) is 0 Å². The molecule has 2 fully saturated rings. The summed E-state index contributed by atoms with van der Waals surface area (Å²) in [6, 6.07) is 5.48. The SMILES string of the molecule is C=C(Nc1ccc(Cl)c(Cl)c1)/C(C)=C(\N=C(N)CF)C(=O)N1CCC(N2CCOCC2)CC1. The molecule has 0 aliphatic carbocycles. The zero-order valence-electron chi connectivity index (χ0n) is 18.7. The van der Waals surface area contributed by atoms with Gasteiger partial charge in [-0.15, -0.1) is 0 Å². The number of aliphatic imine (C=N–C) groups is 1.